The summed E-state index contributed by atoms with van der Waals surface area (Å²) in [5, 5.41) is 0. The van der Waals surface area contributed by atoms with Crippen LogP contribution in [0.1, 0.15) is 27.2 Å². The van der Waals surface area contributed by atoms with Crippen LogP contribution < -0.4 is 5.73 Å². The molecule has 0 saturated carbocycles. The highest BCUT2D eigenvalue weighted by molar-refractivity contribution is 5.12. The minimum absolute atomic E-state index is 0.934. The quantitative estimate of drug-likeness (QED) is 0.562. The first-order valence-corrected chi connectivity index (χ1v) is 3.26. The maximum Gasteiger partial charge on any atom is 0.00776 e. The normalized spacial score (nSPS) is 11.2. The summed E-state index contributed by atoms with van der Waals surface area (Å²) in [6, 6.07) is 0. The van der Waals surface area contributed by atoms with Gasteiger partial charge in [-0.3, -0.25) is 0 Å². The fourth-order valence-corrected chi connectivity index (χ4v) is 0.392. The first kappa shape index (κ1) is 8.28. The van der Waals surface area contributed by atoms with Crippen LogP contribution in [0, 0.1) is 0 Å². The lowest BCUT2D eigenvalue weighted by Crippen LogP contribution is -1.92. The third-order valence-electron chi connectivity index (χ3n) is 1.04. The van der Waals surface area contributed by atoms with E-state index in [9.17, 15) is 0 Å². The van der Waals surface area contributed by atoms with Gasteiger partial charge in [-0.25, -0.2) is 0 Å². The monoisotopic (exact) mass is 125 g/mol. The van der Waals surface area contributed by atoms with Gasteiger partial charge >= 0.3 is 0 Å². The molecule has 0 aromatic rings. The Morgan fingerprint density at radius 1 is 1.33 bits per heavy atom. The van der Waals surface area contributed by atoms with Gasteiger partial charge in [0.2, 0.25) is 0 Å². The van der Waals surface area contributed by atoms with E-state index in [1.165, 1.54) is 5.57 Å². The van der Waals surface area contributed by atoms with E-state index in [0.717, 1.165) is 12.1 Å². The van der Waals surface area contributed by atoms with Crippen LogP contribution in [0.25, 0.3) is 0 Å². The summed E-state index contributed by atoms with van der Waals surface area (Å²) in [6.07, 6.45) is 4.91. The summed E-state index contributed by atoms with van der Waals surface area (Å²) < 4.78 is 0. The second-order valence-electron chi connectivity index (χ2n) is 2.34. The molecule has 0 spiro atoms. The summed E-state index contributed by atoms with van der Waals surface area (Å²) >= 11 is 0. The Morgan fingerprint density at radius 2 is 1.89 bits per heavy atom. The SMILES string of the molecule is CC/C(N)=C\C=C(C)C. The molecular formula is C8H15N. The van der Waals surface area contributed by atoms with Gasteiger partial charge in [-0.15, -0.1) is 0 Å². The maximum absolute atomic E-state index is 5.54. The fraction of sp³-hybridized carbons (Fsp3) is 0.500. The number of hydrogen-bond acceptors (Lipinski definition) is 1. The third kappa shape index (κ3) is 5.15. The van der Waals surface area contributed by atoms with Gasteiger partial charge in [-0.1, -0.05) is 18.6 Å². The van der Waals surface area contributed by atoms with Crippen LogP contribution in [0.15, 0.2) is 23.4 Å². The zero-order chi connectivity index (χ0) is 7.28. The molecule has 2 N–H and O–H groups in total. The number of allylic oxidation sites excluding steroid dienone is 4. The molecule has 0 aliphatic heterocycles. The van der Waals surface area contributed by atoms with Crippen molar-refractivity contribution in [2.75, 3.05) is 0 Å². The maximum atomic E-state index is 5.54. The van der Waals surface area contributed by atoms with Gasteiger partial charge in [-0.2, -0.15) is 0 Å². The van der Waals surface area contributed by atoms with Crippen molar-refractivity contribution in [3.63, 3.8) is 0 Å². The van der Waals surface area contributed by atoms with E-state index in [1.807, 2.05) is 19.1 Å². The van der Waals surface area contributed by atoms with Crippen LogP contribution in [-0.4, -0.2) is 0 Å². The van der Waals surface area contributed by atoms with E-state index < -0.39 is 0 Å². The average Bonchev–Trinajstić information content (AvgIpc) is 1.83. The van der Waals surface area contributed by atoms with Crippen molar-refractivity contribution < 1.29 is 0 Å². The van der Waals surface area contributed by atoms with Crippen LogP contribution in [0.4, 0.5) is 0 Å². The van der Waals surface area contributed by atoms with Crippen molar-refractivity contribution in [3.05, 3.63) is 23.4 Å². The fourth-order valence-electron chi connectivity index (χ4n) is 0.392. The van der Waals surface area contributed by atoms with Gasteiger partial charge in [0.15, 0.2) is 0 Å². The Bertz CT molecular complexity index is 128. The van der Waals surface area contributed by atoms with E-state index in [2.05, 4.69) is 13.8 Å². The Morgan fingerprint density at radius 3 is 2.22 bits per heavy atom. The highest BCUT2D eigenvalue weighted by atomic mass is 14.6. The molecule has 0 amide bonds. The van der Waals surface area contributed by atoms with Gasteiger partial charge in [-0.05, 0) is 26.3 Å². The molecule has 0 unspecified atom stereocenters. The van der Waals surface area contributed by atoms with Crippen molar-refractivity contribution in [1.29, 1.82) is 0 Å². The van der Waals surface area contributed by atoms with Gasteiger partial charge in [0, 0.05) is 5.70 Å². The van der Waals surface area contributed by atoms with Crippen molar-refractivity contribution in [2.24, 2.45) is 5.73 Å². The smallest absolute Gasteiger partial charge is 0.00776 e. The van der Waals surface area contributed by atoms with Crippen LogP contribution in [0.3, 0.4) is 0 Å². The lowest BCUT2D eigenvalue weighted by atomic mass is 10.2. The first-order chi connectivity index (χ1) is 4.16. The molecule has 0 aliphatic rings. The largest absolute Gasteiger partial charge is 0.402 e. The molecule has 0 bridgehead atoms. The number of rotatable bonds is 2. The van der Waals surface area contributed by atoms with Crippen LogP contribution in [-0.2, 0) is 0 Å². The molecule has 0 atom stereocenters. The second-order valence-corrected chi connectivity index (χ2v) is 2.34. The van der Waals surface area contributed by atoms with E-state index in [0.29, 0.717) is 0 Å². The van der Waals surface area contributed by atoms with Crippen LogP contribution in [0.2, 0.25) is 0 Å². The second kappa shape index (κ2) is 4.19. The molecule has 0 fully saturated rings. The topological polar surface area (TPSA) is 26.0 Å². The Hall–Kier alpha value is -0.720. The predicted molar refractivity (Wildman–Crippen MR) is 42.0 cm³/mol. The molecule has 0 radical (unpaired) electrons. The molecule has 0 saturated heterocycles. The molecule has 0 heterocycles. The third-order valence-corrected chi connectivity index (χ3v) is 1.04. The minimum Gasteiger partial charge on any atom is -0.402 e. The first-order valence-electron chi connectivity index (χ1n) is 3.26. The molecule has 0 rings (SSSR count). The molecule has 1 nitrogen and oxygen atoms in total. The minimum atomic E-state index is 0.934. The van der Waals surface area contributed by atoms with Crippen molar-refractivity contribution in [3.8, 4) is 0 Å². The lowest BCUT2D eigenvalue weighted by molar-refractivity contribution is 1.07. The molecule has 0 aliphatic carbocycles. The molecular weight excluding hydrogens is 110 g/mol. The highest BCUT2D eigenvalue weighted by Gasteiger charge is 1.78. The van der Waals surface area contributed by atoms with E-state index in [4.69, 9.17) is 5.73 Å². The zero-order valence-corrected chi connectivity index (χ0v) is 6.44. The van der Waals surface area contributed by atoms with Crippen molar-refractivity contribution >= 4 is 0 Å². The number of hydrogen-bond donors (Lipinski definition) is 1. The Balaban J connectivity index is 3.83. The Kier molecular flexibility index (Phi) is 3.85. The molecule has 1 heteroatoms. The van der Waals surface area contributed by atoms with E-state index in [-0.39, 0.29) is 0 Å². The van der Waals surface area contributed by atoms with Crippen LogP contribution in [0.5, 0.6) is 0 Å². The van der Waals surface area contributed by atoms with E-state index >= 15 is 0 Å². The standard InChI is InChI=1S/C8H15N/c1-4-8(9)6-5-7(2)3/h5-6H,4,9H2,1-3H3/b8-6+. The Labute approximate surface area is 57.3 Å². The van der Waals surface area contributed by atoms with Crippen LogP contribution >= 0.6 is 0 Å². The molecule has 9 heavy (non-hydrogen) atoms. The highest BCUT2D eigenvalue weighted by Crippen LogP contribution is 1.94. The number of nitrogens with two attached hydrogens (primary N) is 1. The lowest BCUT2D eigenvalue weighted by Gasteiger charge is -1.90. The average molecular weight is 125 g/mol. The van der Waals surface area contributed by atoms with Gasteiger partial charge in [0.05, 0.1) is 0 Å². The molecule has 0 aromatic heterocycles. The molecule has 52 valence electrons. The predicted octanol–water partition coefficient (Wildman–Crippen LogP) is 2.21. The van der Waals surface area contributed by atoms with Gasteiger partial charge < -0.3 is 5.73 Å². The molecule has 0 aromatic carbocycles. The van der Waals surface area contributed by atoms with Crippen molar-refractivity contribution in [1.82, 2.24) is 0 Å². The summed E-state index contributed by atoms with van der Waals surface area (Å²) in [4.78, 5) is 0. The van der Waals surface area contributed by atoms with Gasteiger partial charge in [0.1, 0.15) is 0 Å². The van der Waals surface area contributed by atoms with E-state index in [1.54, 1.807) is 0 Å². The summed E-state index contributed by atoms with van der Waals surface area (Å²) in [5.41, 5.74) is 7.76. The summed E-state index contributed by atoms with van der Waals surface area (Å²) in [6.45, 7) is 6.16. The summed E-state index contributed by atoms with van der Waals surface area (Å²) in [7, 11) is 0. The summed E-state index contributed by atoms with van der Waals surface area (Å²) in [5.74, 6) is 0. The van der Waals surface area contributed by atoms with Crippen molar-refractivity contribution in [2.45, 2.75) is 27.2 Å². The van der Waals surface area contributed by atoms with Gasteiger partial charge in [0.25, 0.3) is 0 Å². The zero-order valence-electron chi connectivity index (χ0n) is 6.44.